The molecule has 0 saturated carbocycles. The maximum absolute atomic E-state index is 6.16. The Morgan fingerprint density at radius 1 is 0.842 bits per heavy atom. The minimum absolute atomic E-state index is 0.702. The quantitative estimate of drug-likeness (QED) is 0.552. The second kappa shape index (κ2) is 5.14. The van der Waals surface area contributed by atoms with Crippen LogP contribution < -0.4 is 0 Å². The Morgan fingerprint density at radius 3 is 2.47 bits per heavy atom. The van der Waals surface area contributed by atoms with Gasteiger partial charge in [0, 0.05) is 22.7 Å². The average Bonchev–Trinajstić information content (AvgIpc) is 2.47. The number of nitrogens with zero attached hydrogens (tertiary/aromatic N) is 1. The Kier molecular flexibility index (Phi) is 3.18. The smallest absolute Gasteiger partial charge is 0.0717 e. The standard InChI is InChI=1S/C17H10ClN/c18-16-10-11-19-17-9-8-14(12-15(16)17)7-6-13-4-2-1-3-5-13/h1-5,8-12H. The number of aromatic nitrogens is 1. The lowest BCUT2D eigenvalue weighted by atomic mass is 10.1. The van der Waals surface area contributed by atoms with Crippen LogP contribution in [0.3, 0.4) is 0 Å². The number of fused-ring (bicyclic) bond motifs is 1. The van der Waals surface area contributed by atoms with Crippen molar-refractivity contribution in [1.82, 2.24) is 4.98 Å². The molecule has 0 spiro atoms. The van der Waals surface area contributed by atoms with Gasteiger partial charge in [-0.05, 0) is 36.4 Å². The van der Waals surface area contributed by atoms with Crippen molar-refractivity contribution in [3.8, 4) is 11.8 Å². The first-order valence-corrected chi connectivity index (χ1v) is 6.32. The number of halogens is 1. The van der Waals surface area contributed by atoms with Crippen molar-refractivity contribution < 1.29 is 0 Å². The normalized spacial score (nSPS) is 9.95. The van der Waals surface area contributed by atoms with Crippen LogP contribution in [0, 0.1) is 11.8 Å². The predicted molar refractivity (Wildman–Crippen MR) is 79.2 cm³/mol. The summed E-state index contributed by atoms with van der Waals surface area (Å²) in [5.74, 6) is 6.28. The molecule has 3 rings (SSSR count). The van der Waals surface area contributed by atoms with Gasteiger partial charge in [0.1, 0.15) is 0 Å². The van der Waals surface area contributed by atoms with Gasteiger partial charge in [0.15, 0.2) is 0 Å². The van der Waals surface area contributed by atoms with Gasteiger partial charge in [0.2, 0.25) is 0 Å². The Bertz CT molecular complexity index is 782. The largest absolute Gasteiger partial charge is 0.256 e. The minimum Gasteiger partial charge on any atom is -0.256 e. The fourth-order valence-corrected chi connectivity index (χ4v) is 2.06. The van der Waals surface area contributed by atoms with Crippen LogP contribution in [0.4, 0.5) is 0 Å². The van der Waals surface area contributed by atoms with Crippen LogP contribution in [0.5, 0.6) is 0 Å². The molecule has 1 nitrogen and oxygen atoms in total. The zero-order valence-corrected chi connectivity index (χ0v) is 10.9. The van der Waals surface area contributed by atoms with E-state index in [1.807, 2.05) is 48.5 Å². The van der Waals surface area contributed by atoms with Crippen LogP contribution in [0.25, 0.3) is 10.9 Å². The van der Waals surface area contributed by atoms with Crippen molar-refractivity contribution in [3.05, 3.63) is 76.9 Å². The molecule has 0 bridgehead atoms. The molecule has 1 heterocycles. The van der Waals surface area contributed by atoms with E-state index in [-0.39, 0.29) is 0 Å². The highest BCUT2D eigenvalue weighted by molar-refractivity contribution is 6.35. The highest BCUT2D eigenvalue weighted by Crippen LogP contribution is 2.22. The lowest BCUT2D eigenvalue weighted by molar-refractivity contribution is 1.41. The van der Waals surface area contributed by atoms with Crippen molar-refractivity contribution >= 4 is 22.5 Å². The molecule has 0 fully saturated rings. The molecule has 0 unspecified atom stereocenters. The van der Waals surface area contributed by atoms with E-state index in [9.17, 15) is 0 Å². The fraction of sp³-hybridized carbons (Fsp3) is 0. The Hall–Kier alpha value is -2.30. The van der Waals surface area contributed by atoms with Crippen LogP contribution in [0.1, 0.15) is 11.1 Å². The van der Waals surface area contributed by atoms with Crippen molar-refractivity contribution in [2.45, 2.75) is 0 Å². The van der Waals surface area contributed by atoms with Crippen LogP contribution in [0.2, 0.25) is 5.02 Å². The van der Waals surface area contributed by atoms with E-state index in [1.54, 1.807) is 12.3 Å². The second-order valence-corrected chi connectivity index (χ2v) is 4.55. The maximum atomic E-state index is 6.16. The Labute approximate surface area is 116 Å². The monoisotopic (exact) mass is 263 g/mol. The highest BCUT2D eigenvalue weighted by atomic mass is 35.5. The lowest BCUT2D eigenvalue weighted by Crippen LogP contribution is -1.81. The van der Waals surface area contributed by atoms with E-state index >= 15 is 0 Å². The third-order valence-corrected chi connectivity index (χ3v) is 3.14. The van der Waals surface area contributed by atoms with E-state index in [1.165, 1.54) is 0 Å². The number of hydrogen-bond acceptors (Lipinski definition) is 1. The van der Waals surface area contributed by atoms with Crippen LogP contribution in [0.15, 0.2) is 60.8 Å². The van der Waals surface area contributed by atoms with Gasteiger partial charge in [-0.3, -0.25) is 4.98 Å². The zero-order valence-electron chi connectivity index (χ0n) is 10.1. The number of pyridine rings is 1. The van der Waals surface area contributed by atoms with Crippen molar-refractivity contribution in [2.75, 3.05) is 0 Å². The van der Waals surface area contributed by atoms with Gasteiger partial charge in [-0.1, -0.05) is 41.6 Å². The highest BCUT2D eigenvalue weighted by Gasteiger charge is 1.99. The molecule has 3 aromatic rings. The summed E-state index contributed by atoms with van der Waals surface area (Å²) < 4.78 is 0. The van der Waals surface area contributed by atoms with Crippen LogP contribution in [-0.4, -0.2) is 4.98 Å². The molecule has 0 aliphatic carbocycles. The third-order valence-electron chi connectivity index (χ3n) is 2.81. The second-order valence-electron chi connectivity index (χ2n) is 4.14. The van der Waals surface area contributed by atoms with Crippen molar-refractivity contribution in [3.63, 3.8) is 0 Å². The van der Waals surface area contributed by atoms with E-state index in [4.69, 9.17) is 11.6 Å². The molecule has 0 amide bonds. The summed E-state index contributed by atoms with van der Waals surface area (Å²) in [7, 11) is 0. The molecular formula is C17H10ClN. The predicted octanol–water partition coefficient (Wildman–Crippen LogP) is 4.29. The summed E-state index contributed by atoms with van der Waals surface area (Å²) in [6.45, 7) is 0. The van der Waals surface area contributed by atoms with E-state index in [0.717, 1.165) is 22.0 Å². The van der Waals surface area contributed by atoms with E-state index in [2.05, 4.69) is 16.8 Å². The summed E-state index contributed by atoms with van der Waals surface area (Å²) in [4.78, 5) is 4.27. The van der Waals surface area contributed by atoms with Crippen molar-refractivity contribution in [2.24, 2.45) is 0 Å². The first-order chi connectivity index (χ1) is 9.33. The molecule has 2 aromatic carbocycles. The van der Waals surface area contributed by atoms with Gasteiger partial charge < -0.3 is 0 Å². The molecular weight excluding hydrogens is 254 g/mol. The third kappa shape index (κ3) is 2.59. The fourth-order valence-electron chi connectivity index (χ4n) is 1.86. The topological polar surface area (TPSA) is 12.9 Å². The van der Waals surface area contributed by atoms with Crippen molar-refractivity contribution in [1.29, 1.82) is 0 Å². The van der Waals surface area contributed by atoms with Gasteiger partial charge >= 0.3 is 0 Å². The number of hydrogen-bond donors (Lipinski definition) is 0. The van der Waals surface area contributed by atoms with E-state index in [0.29, 0.717) is 5.02 Å². The summed E-state index contributed by atoms with van der Waals surface area (Å²) in [5, 5.41) is 1.64. The zero-order chi connectivity index (χ0) is 13.1. The molecule has 0 atom stereocenters. The van der Waals surface area contributed by atoms with Gasteiger partial charge in [0.25, 0.3) is 0 Å². The molecule has 1 aromatic heterocycles. The minimum atomic E-state index is 0.702. The lowest BCUT2D eigenvalue weighted by Gasteiger charge is -1.99. The summed E-state index contributed by atoms with van der Waals surface area (Å²) in [6.07, 6.45) is 1.71. The van der Waals surface area contributed by atoms with E-state index < -0.39 is 0 Å². The average molecular weight is 264 g/mol. The van der Waals surface area contributed by atoms with Gasteiger partial charge in [-0.15, -0.1) is 0 Å². The Morgan fingerprint density at radius 2 is 1.63 bits per heavy atom. The maximum Gasteiger partial charge on any atom is 0.0717 e. The molecule has 0 aliphatic heterocycles. The molecule has 90 valence electrons. The van der Waals surface area contributed by atoms with Gasteiger partial charge in [-0.25, -0.2) is 0 Å². The number of rotatable bonds is 0. The summed E-state index contributed by atoms with van der Waals surface area (Å²) >= 11 is 6.16. The van der Waals surface area contributed by atoms with Crippen LogP contribution >= 0.6 is 11.6 Å². The first-order valence-electron chi connectivity index (χ1n) is 5.94. The molecule has 0 radical (unpaired) electrons. The number of benzene rings is 2. The van der Waals surface area contributed by atoms with Gasteiger partial charge in [0.05, 0.1) is 10.5 Å². The Balaban J connectivity index is 2.03. The molecule has 19 heavy (non-hydrogen) atoms. The summed E-state index contributed by atoms with van der Waals surface area (Å²) in [5.41, 5.74) is 2.82. The SMILES string of the molecule is Clc1ccnc2ccc(C#Cc3ccccc3)cc12. The molecule has 0 aliphatic rings. The van der Waals surface area contributed by atoms with Gasteiger partial charge in [-0.2, -0.15) is 0 Å². The molecule has 2 heteroatoms. The van der Waals surface area contributed by atoms with Crippen LogP contribution in [-0.2, 0) is 0 Å². The molecule has 0 N–H and O–H groups in total. The first kappa shape index (κ1) is 11.8. The molecule has 0 saturated heterocycles. The summed E-state index contributed by atoms with van der Waals surface area (Å²) in [6, 6.07) is 17.6.